The van der Waals surface area contributed by atoms with Gasteiger partial charge in [-0.3, -0.25) is 0 Å². The molecule has 0 spiro atoms. The molecule has 0 bridgehead atoms. The van der Waals surface area contributed by atoms with Crippen molar-refractivity contribution >= 4 is 10.8 Å². The molecule has 0 N–H and O–H groups in total. The molecule has 0 atom stereocenters. The molecule has 1 aliphatic carbocycles. The fourth-order valence-electron chi connectivity index (χ4n) is 5.12. The minimum absolute atomic E-state index is 0. The van der Waals surface area contributed by atoms with E-state index in [4.69, 9.17) is 0 Å². The molecule has 4 aromatic carbocycles. The second-order valence-electron chi connectivity index (χ2n) is 8.65. The summed E-state index contributed by atoms with van der Waals surface area (Å²) in [6, 6.07) is 31.3. The zero-order chi connectivity index (χ0) is 19.5. The molecule has 0 saturated heterocycles. The van der Waals surface area contributed by atoms with Crippen molar-refractivity contribution in [1.82, 2.24) is 0 Å². The predicted molar refractivity (Wildman–Crippen MR) is 125 cm³/mol. The normalized spacial score (nSPS) is 14.0. The van der Waals surface area contributed by atoms with Gasteiger partial charge in [-0.25, -0.2) is 0 Å². The molecule has 0 nitrogen and oxygen atoms in total. The van der Waals surface area contributed by atoms with Crippen molar-refractivity contribution in [3.63, 3.8) is 0 Å². The van der Waals surface area contributed by atoms with E-state index in [0.29, 0.717) is 0 Å². The van der Waals surface area contributed by atoms with Crippen LogP contribution in [0.5, 0.6) is 0 Å². The quantitative estimate of drug-likeness (QED) is 0.276. The van der Waals surface area contributed by atoms with Gasteiger partial charge in [0.25, 0.3) is 0 Å². The van der Waals surface area contributed by atoms with Crippen molar-refractivity contribution in [2.24, 2.45) is 5.92 Å². The van der Waals surface area contributed by atoms with Gasteiger partial charge in [0, 0.05) is 0 Å². The second kappa shape index (κ2) is 12.8. The van der Waals surface area contributed by atoms with E-state index >= 15 is 0 Å². The first-order valence-electron chi connectivity index (χ1n) is 11.2. The van der Waals surface area contributed by atoms with E-state index < -0.39 is 0 Å². The molecular formula is C29H29Cl2Zr. The molecule has 32 heavy (non-hydrogen) atoms. The first-order valence-corrected chi connectivity index (χ1v) is 11.2. The van der Waals surface area contributed by atoms with Gasteiger partial charge in [0.2, 0.25) is 0 Å². The summed E-state index contributed by atoms with van der Waals surface area (Å²) in [5.41, 5.74) is 6.85. The number of hydrogen-bond acceptors (Lipinski definition) is 0. The van der Waals surface area contributed by atoms with Crippen LogP contribution in [-0.4, -0.2) is 0 Å². The minimum atomic E-state index is 0. The largest absolute Gasteiger partial charge is 3.00 e. The van der Waals surface area contributed by atoms with Crippen LogP contribution in [0.3, 0.4) is 0 Å². The third-order valence-electron chi connectivity index (χ3n) is 6.62. The first-order chi connectivity index (χ1) is 14.4. The van der Waals surface area contributed by atoms with Gasteiger partial charge in [-0.2, -0.15) is 6.07 Å². The Hall–Kier alpha value is -1.27. The molecule has 0 amide bonds. The summed E-state index contributed by atoms with van der Waals surface area (Å²) in [6.45, 7) is 0. The van der Waals surface area contributed by atoms with Crippen molar-refractivity contribution < 1.29 is 51.0 Å². The molecule has 163 valence electrons. The zero-order valence-electron chi connectivity index (χ0n) is 18.4. The van der Waals surface area contributed by atoms with Crippen molar-refractivity contribution in [3.05, 3.63) is 90.5 Å². The maximum absolute atomic E-state index is 2.48. The van der Waals surface area contributed by atoms with E-state index in [9.17, 15) is 0 Å². The number of fused-ring (bicyclic) bond motifs is 1. The van der Waals surface area contributed by atoms with Gasteiger partial charge in [0.15, 0.2) is 0 Å². The number of benzene rings is 3. The minimum Gasteiger partial charge on any atom is -1.00 e. The van der Waals surface area contributed by atoms with Gasteiger partial charge in [-0.1, -0.05) is 128 Å². The summed E-state index contributed by atoms with van der Waals surface area (Å²) in [4.78, 5) is 0. The van der Waals surface area contributed by atoms with Crippen molar-refractivity contribution in [3.8, 4) is 22.3 Å². The van der Waals surface area contributed by atoms with Gasteiger partial charge in [-0.15, -0.1) is 22.4 Å². The average Bonchev–Trinajstić information content (AvgIpc) is 3.02. The molecule has 1 radical (unpaired) electrons. The van der Waals surface area contributed by atoms with Crippen LogP contribution in [0.2, 0.25) is 0 Å². The molecule has 0 aromatic heterocycles. The molecule has 0 unspecified atom stereocenters. The predicted octanol–water partition coefficient (Wildman–Crippen LogP) is 2.41. The van der Waals surface area contributed by atoms with Crippen LogP contribution in [0.15, 0.2) is 84.9 Å². The molecule has 3 heteroatoms. The van der Waals surface area contributed by atoms with Crippen LogP contribution in [-0.2, 0) is 32.6 Å². The van der Waals surface area contributed by atoms with Gasteiger partial charge in [-0.05, 0) is 17.9 Å². The van der Waals surface area contributed by atoms with Crippen LogP contribution in [0, 0.1) is 5.92 Å². The smallest absolute Gasteiger partial charge is 1.00 e. The Labute approximate surface area is 224 Å². The molecule has 5 rings (SSSR count). The van der Waals surface area contributed by atoms with Crippen LogP contribution in [0.1, 0.15) is 44.1 Å². The molecular weight excluding hydrogens is 510 g/mol. The van der Waals surface area contributed by atoms with E-state index in [0.717, 1.165) is 5.92 Å². The zero-order valence-corrected chi connectivity index (χ0v) is 22.3. The van der Waals surface area contributed by atoms with E-state index in [1.54, 1.807) is 0 Å². The fraction of sp³-hybridized carbons (Fsp3) is 0.276. The summed E-state index contributed by atoms with van der Waals surface area (Å²) < 4.78 is 0. The standard InChI is InChI=1S/C29H29.2ClH.Zr/c1-2-6-12-22(11-5-1)19-23-20-28-26(24-13-7-3-8-14-24)17-18-27(29(28)21-23)25-15-9-4-10-16-25;;;/h3-4,7-10,13-18,20-22H,1-2,5-6,11-12,19H2;2*1H;/q-1;;;+3/p-2. The number of rotatable bonds is 4. The van der Waals surface area contributed by atoms with E-state index in [1.165, 1.54) is 83.5 Å². The van der Waals surface area contributed by atoms with Gasteiger partial charge < -0.3 is 24.8 Å². The molecule has 0 aliphatic heterocycles. The summed E-state index contributed by atoms with van der Waals surface area (Å²) in [6.07, 6.45) is 9.71. The molecule has 1 fully saturated rings. The Morgan fingerprint density at radius 3 is 1.78 bits per heavy atom. The van der Waals surface area contributed by atoms with E-state index in [-0.39, 0.29) is 51.0 Å². The maximum Gasteiger partial charge on any atom is 3.00 e. The van der Waals surface area contributed by atoms with Gasteiger partial charge in [0.05, 0.1) is 0 Å². The summed E-state index contributed by atoms with van der Waals surface area (Å²) in [5.74, 6) is 0.856. The Bertz CT molecular complexity index is 1000. The monoisotopic (exact) mass is 537 g/mol. The molecule has 1 aliphatic rings. The summed E-state index contributed by atoms with van der Waals surface area (Å²) in [5, 5.41) is 2.81. The van der Waals surface area contributed by atoms with Crippen molar-refractivity contribution in [2.45, 2.75) is 44.9 Å². The maximum atomic E-state index is 2.48. The SMILES string of the molecule is [Cl-].[Cl-].[Zr+3].c1ccc(-c2ccc(-c3ccccc3)c3[cH-]c(CC4CCCCCC4)cc23)cc1. The van der Waals surface area contributed by atoms with Crippen LogP contribution >= 0.6 is 0 Å². The van der Waals surface area contributed by atoms with Gasteiger partial charge >= 0.3 is 26.2 Å². The van der Waals surface area contributed by atoms with Crippen molar-refractivity contribution in [2.75, 3.05) is 0 Å². The second-order valence-corrected chi connectivity index (χ2v) is 8.65. The van der Waals surface area contributed by atoms with Crippen molar-refractivity contribution in [1.29, 1.82) is 0 Å². The van der Waals surface area contributed by atoms with Crippen LogP contribution < -0.4 is 24.8 Å². The first kappa shape index (κ1) is 27.0. The number of hydrogen-bond donors (Lipinski definition) is 0. The fourth-order valence-corrected chi connectivity index (χ4v) is 5.12. The molecule has 0 heterocycles. The third kappa shape index (κ3) is 5.99. The third-order valence-corrected chi connectivity index (χ3v) is 6.62. The van der Waals surface area contributed by atoms with Gasteiger partial charge in [0.1, 0.15) is 0 Å². The Morgan fingerprint density at radius 2 is 1.19 bits per heavy atom. The Balaban J connectivity index is 0.00000121. The van der Waals surface area contributed by atoms with Crippen LogP contribution in [0.4, 0.5) is 0 Å². The van der Waals surface area contributed by atoms with E-state index in [2.05, 4.69) is 84.9 Å². The molecule has 1 saturated carbocycles. The topological polar surface area (TPSA) is 0 Å². The Kier molecular flexibility index (Phi) is 10.8. The molecule has 4 aromatic rings. The number of halogens is 2. The van der Waals surface area contributed by atoms with Crippen LogP contribution in [0.25, 0.3) is 33.0 Å². The summed E-state index contributed by atoms with van der Waals surface area (Å²) in [7, 11) is 0. The summed E-state index contributed by atoms with van der Waals surface area (Å²) >= 11 is 0. The van der Waals surface area contributed by atoms with E-state index in [1.807, 2.05) is 0 Å². The Morgan fingerprint density at radius 1 is 0.656 bits per heavy atom. The average molecular weight is 540 g/mol.